The summed E-state index contributed by atoms with van der Waals surface area (Å²) in [5, 5.41) is 48.6. The molecule has 2 heterocycles. The number of ketones is 2. The van der Waals surface area contributed by atoms with Crippen LogP contribution in [0.2, 0.25) is 0 Å². The lowest BCUT2D eigenvalue weighted by atomic mass is 9.72. The third-order valence-corrected chi connectivity index (χ3v) is 10.0. The molecular weight excluding hydrogens is 612 g/mol. The van der Waals surface area contributed by atoms with Crippen LogP contribution in [-0.4, -0.2) is 68.6 Å². The van der Waals surface area contributed by atoms with E-state index in [2.05, 4.69) is 0 Å². The molecule has 3 aromatic carbocycles. The molecule has 0 amide bonds. The number of carbonyl (C=O) groups excluding carboxylic acids is 2. The Morgan fingerprint density at radius 3 is 2.48 bits per heavy atom. The van der Waals surface area contributed by atoms with Crippen LogP contribution in [0.1, 0.15) is 74.5 Å². The number of nitrogens with two attached hydrogens (primary N) is 1. The smallest absolute Gasteiger partial charge is 0.202 e. The minimum Gasteiger partial charge on any atom is -0.507 e. The lowest BCUT2D eigenvalue weighted by molar-refractivity contribution is -0.248. The van der Waals surface area contributed by atoms with Crippen molar-refractivity contribution in [3.63, 3.8) is 0 Å². The number of methoxy groups -OCH3 is 1. The van der Waals surface area contributed by atoms with Gasteiger partial charge in [0.05, 0.1) is 47.8 Å². The molecule has 3 aliphatic rings. The number of aromatic nitrogens is 1. The topological polar surface area (TPSA) is 182 Å². The van der Waals surface area contributed by atoms with Crippen molar-refractivity contribution in [1.82, 2.24) is 4.98 Å². The third-order valence-electron chi connectivity index (χ3n) is 9.14. The van der Waals surface area contributed by atoms with E-state index in [9.17, 15) is 30.0 Å². The molecule has 1 fully saturated rings. The monoisotopic (exact) mass is 644 g/mol. The van der Waals surface area contributed by atoms with E-state index in [-0.39, 0.29) is 58.4 Å². The van der Waals surface area contributed by atoms with Crippen LogP contribution in [-0.2, 0) is 21.5 Å². The van der Waals surface area contributed by atoms with E-state index in [1.54, 1.807) is 18.4 Å². The highest BCUT2D eigenvalue weighted by molar-refractivity contribution is 7.13. The van der Waals surface area contributed by atoms with Gasteiger partial charge < -0.3 is 40.4 Å². The van der Waals surface area contributed by atoms with E-state index in [4.69, 9.17) is 24.9 Å². The lowest BCUT2D eigenvalue weighted by Gasteiger charge is -2.42. The van der Waals surface area contributed by atoms with Crippen molar-refractivity contribution >= 4 is 22.9 Å². The number of aromatic hydroxyl groups is 2. The molecule has 238 valence electrons. The van der Waals surface area contributed by atoms with Crippen molar-refractivity contribution in [2.75, 3.05) is 7.11 Å². The Morgan fingerprint density at radius 1 is 1.02 bits per heavy atom. The quantitative estimate of drug-likeness (QED) is 0.176. The van der Waals surface area contributed by atoms with E-state index in [1.165, 1.54) is 30.6 Å². The number of benzene rings is 3. The maximum absolute atomic E-state index is 13.9. The summed E-state index contributed by atoms with van der Waals surface area (Å²) in [6.45, 7) is 1.65. The molecule has 2 aliphatic carbocycles. The van der Waals surface area contributed by atoms with Crippen LogP contribution in [0.3, 0.4) is 0 Å². The van der Waals surface area contributed by atoms with Crippen LogP contribution in [0.5, 0.6) is 17.2 Å². The first-order valence-corrected chi connectivity index (χ1v) is 15.8. The summed E-state index contributed by atoms with van der Waals surface area (Å²) < 4.78 is 17.6. The molecule has 46 heavy (non-hydrogen) atoms. The van der Waals surface area contributed by atoms with Crippen LogP contribution in [0.15, 0.2) is 53.9 Å². The number of aliphatic hydroxyl groups is 2. The summed E-state index contributed by atoms with van der Waals surface area (Å²) in [4.78, 5) is 32.5. The molecule has 7 rings (SSSR count). The molecule has 4 aromatic rings. The van der Waals surface area contributed by atoms with Gasteiger partial charge >= 0.3 is 0 Å². The second-order valence-electron chi connectivity index (χ2n) is 12.0. The molecule has 0 bridgehead atoms. The molecule has 1 saturated heterocycles. The Labute approximate surface area is 267 Å². The van der Waals surface area contributed by atoms with Crippen molar-refractivity contribution < 1.29 is 44.2 Å². The number of fused-ring (bicyclic) bond motifs is 3. The molecule has 0 saturated carbocycles. The number of hydrogen-bond acceptors (Lipinski definition) is 12. The lowest BCUT2D eigenvalue weighted by Crippen LogP contribution is -2.52. The average molecular weight is 645 g/mol. The van der Waals surface area contributed by atoms with E-state index < -0.39 is 59.3 Å². The van der Waals surface area contributed by atoms with Gasteiger partial charge in [-0.2, -0.15) is 0 Å². The predicted octanol–water partition coefficient (Wildman–Crippen LogP) is 3.72. The van der Waals surface area contributed by atoms with E-state index in [0.29, 0.717) is 10.7 Å². The highest BCUT2D eigenvalue weighted by atomic mass is 32.1. The molecule has 1 aliphatic heterocycles. The van der Waals surface area contributed by atoms with Crippen LogP contribution < -0.4 is 10.5 Å². The van der Waals surface area contributed by atoms with Crippen LogP contribution in [0, 0.1) is 0 Å². The number of carbonyl (C=O) groups is 2. The number of aliphatic hydroxyl groups excluding tert-OH is 1. The Balaban J connectivity index is 1.38. The van der Waals surface area contributed by atoms with Crippen LogP contribution >= 0.6 is 11.3 Å². The van der Waals surface area contributed by atoms with Crippen LogP contribution in [0.25, 0.3) is 10.6 Å². The minimum atomic E-state index is -1.72. The number of ether oxygens (including phenoxy) is 3. The Morgan fingerprint density at radius 2 is 1.76 bits per heavy atom. The molecule has 6 unspecified atom stereocenters. The van der Waals surface area contributed by atoms with Gasteiger partial charge in [-0.05, 0) is 13.0 Å². The molecule has 1 aromatic heterocycles. The Kier molecular flexibility index (Phi) is 7.46. The molecular formula is C34H32N2O9S. The maximum atomic E-state index is 13.9. The van der Waals surface area contributed by atoms with Crippen molar-refractivity contribution in [3.8, 4) is 27.8 Å². The van der Waals surface area contributed by atoms with Crippen LogP contribution in [0.4, 0.5) is 0 Å². The zero-order chi connectivity index (χ0) is 32.5. The highest BCUT2D eigenvalue weighted by Crippen LogP contribution is 2.54. The SMILES string of the molecule is COc1cccc2c1C(=O)c1c(O)c3c(c(O)c1C2=O)CC(O)(c1csc(-c2ccccc2)n1)CC3OC1CC(N)C(O)C(C)O1. The normalized spacial score (nSPS) is 27.1. The first-order valence-electron chi connectivity index (χ1n) is 14.9. The van der Waals surface area contributed by atoms with Gasteiger partial charge in [0.1, 0.15) is 27.9 Å². The maximum Gasteiger partial charge on any atom is 0.202 e. The fraction of sp³-hybridized carbons (Fsp3) is 0.324. The van der Waals surface area contributed by atoms with Gasteiger partial charge in [-0.3, -0.25) is 9.59 Å². The van der Waals surface area contributed by atoms with E-state index >= 15 is 0 Å². The summed E-state index contributed by atoms with van der Waals surface area (Å²) in [5.74, 6) is -2.30. The van der Waals surface area contributed by atoms with Crippen molar-refractivity contribution in [2.45, 2.75) is 62.4 Å². The van der Waals surface area contributed by atoms with Crippen molar-refractivity contribution in [3.05, 3.63) is 93.0 Å². The molecule has 11 nitrogen and oxygen atoms in total. The predicted molar refractivity (Wildman–Crippen MR) is 166 cm³/mol. The fourth-order valence-electron chi connectivity index (χ4n) is 6.79. The summed E-state index contributed by atoms with van der Waals surface area (Å²) in [6, 6.07) is 13.3. The number of hydrogen-bond donors (Lipinski definition) is 5. The summed E-state index contributed by atoms with van der Waals surface area (Å²) in [7, 11) is 1.37. The fourth-order valence-corrected chi connectivity index (χ4v) is 7.71. The van der Waals surface area contributed by atoms with Crippen molar-refractivity contribution in [1.29, 1.82) is 0 Å². The van der Waals surface area contributed by atoms with E-state index in [0.717, 1.165) is 5.56 Å². The molecule has 0 spiro atoms. The standard InChI is InChI=1S/C34H32N2O9S/c1-15-28(37)19(35)11-23(44-15)45-21-13-34(42,22-14-46-33(36-22)16-7-4-3-5-8-16)12-18-25(21)32(41)27-26(30(18)39)29(38)17-9-6-10-20(43-2)24(17)31(27)40/h3-10,14-15,19,21,23,28,37,39,41-42H,11-13,35H2,1-2H3. The summed E-state index contributed by atoms with van der Waals surface area (Å²) >= 11 is 1.34. The first-order chi connectivity index (χ1) is 22.0. The van der Waals surface area contributed by atoms with Gasteiger partial charge in [-0.25, -0.2) is 4.98 Å². The second-order valence-corrected chi connectivity index (χ2v) is 12.8. The number of phenols is 2. The molecule has 12 heteroatoms. The zero-order valence-electron chi connectivity index (χ0n) is 25.0. The molecule has 6 N–H and O–H groups in total. The number of phenolic OH excluding ortho intramolecular Hbond substituents is 2. The van der Waals surface area contributed by atoms with Gasteiger partial charge in [0.2, 0.25) is 5.78 Å². The van der Waals surface area contributed by atoms with Crippen molar-refractivity contribution in [2.24, 2.45) is 5.73 Å². The summed E-state index contributed by atoms with van der Waals surface area (Å²) in [6.07, 6.45) is -3.98. The number of nitrogens with zero attached hydrogens (tertiary/aromatic N) is 1. The van der Waals surface area contributed by atoms with Gasteiger partial charge in [-0.15, -0.1) is 11.3 Å². The number of rotatable bonds is 5. The van der Waals surface area contributed by atoms with Gasteiger partial charge in [-0.1, -0.05) is 42.5 Å². The summed E-state index contributed by atoms with van der Waals surface area (Å²) in [5.41, 5.74) is 4.98. The van der Waals surface area contributed by atoms with Gasteiger partial charge in [0.15, 0.2) is 12.1 Å². The third kappa shape index (κ3) is 4.72. The van der Waals surface area contributed by atoms with Gasteiger partial charge in [0.25, 0.3) is 0 Å². The first kappa shape index (κ1) is 30.5. The molecule has 6 atom stereocenters. The number of thiazole rings is 1. The van der Waals surface area contributed by atoms with E-state index in [1.807, 2.05) is 30.3 Å². The average Bonchev–Trinajstić information content (AvgIpc) is 3.56. The minimum absolute atomic E-state index is 0.0227. The van der Waals surface area contributed by atoms with Gasteiger partial charge in [0, 0.05) is 52.9 Å². The zero-order valence-corrected chi connectivity index (χ0v) is 25.8. The Hall–Kier alpha value is -4.17. The Bertz CT molecular complexity index is 1860. The second kappa shape index (κ2) is 11.3. The largest absolute Gasteiger partial charge is 0.507 e. The molecule has 0 radical (unpaired) electrons. The highest BCUT2D eigenvalue weighted by Gasteiger charge is 2.49.